The Hall–Kier alpha value is -3.04. The van der Waals surface area contributed by atoms with Crippen LogP contribution >= 0.6 is 0 Å². The van der Waals surface area contributed by atoms with Crippen LogP contribution in [0.5, 0.6) is 17.2 Å². The smallest absolute Gasteiger partial charge is 0.238 e. The molecule has 1 unspecified atom stereocenters. The summed E-state index contributed by atoms with van der Waals surface area (Å²) in [5.41, 5.74) is 0.947. The Labute approximate surface area is 202 Å². The summed E-state index contributed by atoms with van der Waals surface area (Å²) >= 11 is 0. The molecule has 0 aliphatic heterocycles. The van der Waals surface area contributed by atoms with Crippen molar-refractivity contribution in [3.63, 3.8) is 0 Å². The highest BCUT2D eigenvalue weighted by molar-refractivity contribution is 7.89. The molecule has 0 aliphatic rings. The van der Waals surface area contributed by atoms with Gasteiger partial charge < -0.3 is 19.5 Å². The summed E-state index contributed by atoms with van der Waals surface area (Å²) in [6.45, 7) is 5.80. The molecular weight excluding hydrogens is 456 g/mol. The van der Waals surface area contributed by atoms with Gasteiger partial charge in [-0.1, -0.05) is 38.1 Å². The van der Waals surface area contributed by atoms with E-state index in [0.717, 1.165) is 11.3 Å². The van der Waals surface area contributed by atoms with Crippen LogP contribution in [0.1, 0.15) is 26.3 Å². The molecule has 186 valence electrons. The van der Waals surface area contributed by atoms with E-state index in [1.54, 1.807) is 33.3 Å². The first kappa shape index (κ1) is 27.2. The zero-order valence-corrected chi connectivity index (χ0v) is 20.9. The number of sulfonamides is 1. The van der Waals surface area contributed by atoms with Gasteiger partial charge in [-0.05, 0) is 55.2 Å². The van der Waals surface area contributed by atoms with E-state index in [1.165, 1.54) is 6.92 Å². The first-order chi connectivity index (χ1) is 16.3. The van der Waals surface area contributed by atoms with Crippen molar-refractivity contribution in [3.05, 3.63) is 66.4 Å². The molecule has 0 aliphatic carbocycles. The monoisotopic (exact) mass is 490 g/mol. The molecule has 2 rings (SSSR count). The maximum Gasteiger partial charge on any atom is 0.238 e. The average molecular weight is 491 g/mol. The Morgan fingerprint density at radius 2 is 1.82 bits per heavy atom. The Kier molecular flexibility index (Phi) is 10.9. The van der Waals surface area contributed by atoms with Crippen LogP contribution in [-0.2, 0) is 21.2 Å². The molecule has 0 saturated carbocycles. The summed E-state index contributed by atoms with van der Waals surface area (Å²) in [7, 11) is -1.91. The third-order valence-corrected chi connectivity index (χ3v) is 6.33. The van der Waals surface area contributed by atoms with Gasteiger partial charge in [0, 0.05) is 6.54 Å². The van der Waals surface area contributed by atoms with Gasteiger partial charge in [-0.2, -0.15) is 0 Å². The van der Waals surface area contributed by atoms with E-state index in [1.807, 2.05) is 48.5 Å². The van der Waals surface area contributed by atoms with Gasteiger partial charge in [0.15, 0.2) is 11.5 Å². The topological polar surface area (TPSA) is 103 Å². The molecule has 8 nitrogen and oxygen atoms in total. The van der Waals surface area contributed by atoms with E-state index in [2.05, 4.69) is 10.0 Å². The van der Waals surface area contributed by atoms with Gasteiger partial charge in [0.2, 0.25) is 15.9 Å². The number of methoxy groups -OCH3 is 1. The molecule has 0 spiro atoms. The highest BCUT2D eigenvalue weighted by atomic mass is 32.2. The predicted molar refractivity (Wildman–Crippen MR) is 133 cm³/mol. The number of hydrogen-bond acceptors (Lipinski definition) is 6. The van der Waals surface area contributed by atoms with Crippen LogP contribution in [0.3, 0.4) is 0 Å². The Balaban J connectivity index is 1.85. The number of carbonyl (C=O) groups is 1. The first-order valence-corrected chi connectivity index (χ1v) is 12.8. The minimum atomic E-state index is -3.48. The molecule has 9 heteroatoms. The SMILES string of the molecule is CCS(=O)(=O)NC(C(=O)NCCc1ccc(OCC=COc2ccccc2)c(OC)c1)C(C)C. The fourth-order valence-corrected chi connectivity index (χ4v) is 3.93. The molecule has 0 radical (unpaired) electrons. The van der Waals surface area contributed by atoms with Crippen LogP contribution < -0.4 is 24.2 Å². The molecule has 0 fully saturated rings. The number of benzene rings is 2. The molecule has 2 aromatic carbocycles. The lowest BCUT2D eigenvalue weighted by Gasteiger charge is -2.21. The number of amides is 1. The highest BCUT2D eigenvalue weighted by Gasteiger charge is 2.26. The number of carbonyl (C=O) groups excluding carboxylic acids is 1. The Morgan fingerprint density at radius 1 is 1.09 bits per heavy atom. The van der Waals surface area contributed by atoms with Gasteiger partial charge in [0.05, 0.1) is 19.1 Å². The largest absolute Gasteiger partial charge is 0.493 e. The minimum Gasteiger partial charge on any atom is -0.493 e. The van der Waals surface area contributed by atoms with Crippen LogP contribution in [0.4, 0.5) is 0 Å². The summed E-state index contributed by atoms with van der Waals surface area (Å²) in [5.74, 6) is 1.32. The van der Waals surface area contributed by atoms with E-state index in [9.17, 15) is 13.2 Å². The Morgan fingerprint density at radius 3 is 2.47 bits per heavy atom. The van der Waals surface area contributed by atoms with Crippen molar-refractivity contribution in [2.45, 2.75) is 33.2 Å². The van der Waals surface area contributed by atoms with Crippen LogP contribution in [0.2, 0.25) is 0 Å². The van der Waals surface area contributed by atoms with E-state index >= 15 is 0 Å². The van der Waals surface area contributed by atoms with Crippen molar-refractivity contribution in [2.24, 2.45) is 5.92 Å². The normalized spacial score (nSPS) is 12.5. The number of hydrogen-bond donors (Lipinski definition) is 2. The zero-order valence-electron chi connectivity index (χ0n) is 20.1. The Bertz CT molecular complexity index is 1040. The summed E-state index contributed by atoms with van der Waals surface area (Å²) < 4.78 is 42.9. The van der Waals surface area contributed by atoms with Crippen LogP contribution in [-0.4, -0.2) is 46.4 Å². The van der Waals surface area contributed by atoms with E-state index < -0.39 is 16.1 Å². The second-order valence-corrected chi connectivity index (χ2v) is 9.93. The summed E-state index contributed by atoms with van der Waals surface area (Å²) in [6.07, 6.45) is 3.89. The van der Waals surface area contributed by atoms with Gasteiger partial charge in [-0.3, -0.25) is 4.79 Å². The van der Waals surface area contributed by atoms with Crippen molar-refractivity contribution in [3.8, 4) is 17.2 Å². The van der Waals surface area contributed by atoms with Gasteiger partial charge in [0.1, 0.15) is 18.4 Å². The lowest BCUT2D eigenvalue weighted by atomic mass is 10.0. The number of nitrogens with one attached hydrogen (secondary N) is 2. The molecular formula is C25H34N2O6S. The molecule has 0 saturated heterocycles. The van der Waals surface area contributed by atoms with Crippen LogP contribution in [0, 0.1) is 5.92 Å². The quantitative estimate of drug-likeness (QED) is 0.394. The highest BCUT2D eigenvalue weighted by Crippen LogP contribution is 2.28. The number of para-hydroxylation sites is 1. The maximum atomic E-state index is 12.5. The third kappa shape index (κ3) is 9.07. The van der Waals surface area contributed by atoms with Crippen LogP contribution in [0.25, 0.3) is 0 Å². The van der Waals surface area contributed by atoms with Crippen molar-refractivity contribution < 1.29 is 27.4 Å². The van der Waals surface area contributed by atoms with Crippen molar-refractivity contribution in [1.82, 2.24) is 10.0 Å². The average Bonchev–Trinajstić information content (AvgIpc) is 2.83. The zero-order chi connectivity index (χ0) is 25.0. The maximum absolute atomic E-state index is 12.5. The lowest BCUT2D eigenvalue weighted by Crippen LogP contribution is -2.50. The predicted octanol–water partition coefficient (Wildman–Crippen LogP) is 3.29. The van der Waals surface area contributed by atoms with Crippen molar-refractivity contribution >= 4 is 15.9 Å². The molecule has 1 atom stereocenters. The van der Waals surface area contributed by atoms with Gasteiger partial charge >= 0.3 is 0 Å². The standard InChI is InChI=1S/C25H34N2O6S/c1-5-34(29,30)27-24(19(2)3)25(28)26-15-14-20-12-13-22(23(18-20)31-4)33-17-9-16-32-21-10-7-6-8-11-21/h6-13,16,18-19,24,27H,5,14-15,17H2,1-4H3,(H,26,28). The fourth-order valence-electron chi connectivity index (χ4n) is 3.00. The molecule has 34 heavy (non-hydrogen) atoms. The summed E-state index contributed by atoms with van der Waals surface area (Å²) in [4.78, 5) is 12.5. The van der Waals surface area contributed by atoms with Gasteiger partial charge in [0.25, 0.3) is 0 Å². The summed E-state index contributed by atoms with van der Waals surface area (Å²) in [6, 6.07) is 14.2. The lowest BCUT2D eigenvalue weighted by molar-refractivity contribution is -0.123. The third-order valence-electron chi connectivity index (χ3n) is 4.96. The first-order valence-electron chi connectivity index (χ1n) is 11.2. The van der Waals surface area contributed by atoms with Crippen molar-refractivity contribution in [2.75, 3.05) is 26.0 Å². The molecule has 0 heterocycles. The molecule has 2 aromatic rings. The number of ether oxygens (including phenoxy) is 3. The van der Waals surface area contributed by atoms with E-state index in [-0.39, 0.29) is 17.6 Å². The van der Waals surface area contributed by atoms with E-state index in [0.29, 0.717) is 31.1 Å². The van der Waals surface area contributed by atoms with Gasteiger partial charge in [-0.25, -0.2) is 13.1 Å². The second kappa shape index (κ2) is 13.6. The molecule has 0 bridgehead atoms. The molecule has 2 N–H and O–H groups in total. The van der Waals surface area contributed by atoms with Crippen LogP contribution in [0.15, 0.2) is 60.9 Å². The fraction of sp³-hybridized carbons (Fsp3) is 0.400. The summed E-state index contributed by atoms with van der Waals surface area (Å²) in [5, 5.41) is 2.81. The van der Waals surface area contributed by atoms with Crippen molar-refractivity contribution in [1.29, 1.82) is 0 Å². The molecule has 1 amide bonds. The van der Waals surface area contributed by atoms with E-state index in [4.69, 9.17) is 14.2 Å². The number of rotatable bonds is 14. The minimum absolute atomic E-state index is 0.0758. The molecule has 0 aromatic heterocycles. The second-order valence-electron chi connectivity index (χ2n) is 7.88. The van der Waals surface area contributed by atoms with Gasteiger partial charge in [-0.15, -0.1) is 0 Å².